The van der Waals surface area contributed by atoms with Crippen LogP contribution in [-0.4, -0.2) is 68.5 Å². The minimum Gasteiger partial charge on any atom is -0.482 e. The molecule has 44 heavy (non-hydrogen) atoms. The van der Waals surface area contributed by atoms with Gasteiger partial charge in [-0.1, -0.05) is 22.7 Å². The molecule has 2 aromatic carbocycles. The third kappa shape index (κ3) is 5.91. The Morgan fingerprint density at radius 2 is 1.91 bits per heavy atom. The first-order valence-electron chi connectivity index (χ1n) is 13.4. The molecule has 5 rings (SSSR count). The first-order valence-corrected chi connectivity index (χ1v) is 14.8. The van der Waals surface area contributed by atoms with E-state index in [2.05, 4.69) is 14.8 Å². The minimum absolute atomic E-state index is 0.00281. The summed E-state index contributed by atoms with van der Waals surface area (Å²) in [6.07, 6.45) is -1.07. The number of ether oxygens (including phenoxy) is 1. The van der Waals surface area contributed by atoms with E-state index < -0.39 is 51.0 Å². The summed E-state index contributed by atoms with van der Waals surface area (Å²) in [4.78, 5) is 38.7. The molecule has 3 aromatic rings. The van der Waals surface area contributed by atoms with Crippen LogP contribution in [0.3, 0.4) is 0 Å². The molecule has 16 heteroatoms. The molecule has 1 saturated carbocycles. The average Bonchev–Trinajstić information content (AvgIpc) is 2.99. The summed E-state index contributed by atoms with van der Waals surface area (Å²) in [5.74, 6) is -2.44. The number of rotatable bonds is 8. The molecule has 0 N–H and O–H groups in total. The number of carbonyl (C=O) groups is 2. The smallest absolute Gasteiger partial charge is 0.416 e. The average molecular weight is 638 g/mol. The predicted molar refractivity (Wildman–Crippen MR) is 148 cm³/mol. The molecule has 11 nitrogen and oxygen atoms in total. The summed E-state index contributed by atoms with van der Waals surface area (Å²) in [6, 6.07) is 7.21. The summed E-state index contributed by atoms with van der Waals surface area (Å²) >= 11 is 0. The summed E-state index contributed by atoms with van der Waals surface area (Å²) in [6.45, 7) is -0.629. The van der Waals surface area contributed by atoms with Crippen LogP contribution in [0.15, 0.2) is 59.9 Å². The molecule has 3 atom stereocenters. The van der Waals surface area contributed by atoms with Gasteiger partial charge in [-0.15, -0.1) is 0 Å². The van der Waals surface area contributed by atoms with Crippen molar-refractivity contribution in [2.75, 3.05) is 30.1 Å². The summed E-state index contributed by atoms with van der Waals surface area (Å²) < 4.78 is 88.2. The third-order valence-electron chi connectivity index (χ3n) is 7.74. The van der Waals surface area contributed by atoms with Crippen molar-refractivity contribution in [3.05, 3.63) is 71.9 Å². The number of alkyl halides is 3. The SMILES string of the molecule is CN(C)[C@H]1C[C@@H](c2cccc(C(F)(F)F)c2)CC[C@@H]1N1C(=O)COc2cc(S(=O)(=O)N(OC=O)c3ccncn3)c(F)cc21. The molecule has 2 heterocycles. The van der Waals surface area contributed by atoms with Gasteiger partial charge in [-0.2, -0.15) is 21.6 Å². The van der Waals surface area contributed by atoms with E-state index in [1.54, 1.807) is 20.2 Å². The molecular weight excluding hydrogens is 610 g/mol. The fourth-order valence-corrected chi connectivity index (χ4v) is 6.99. The maximum Gasteiger partial charge on any atom is 0.416 e. The number of likely N-dealkylation sites (N-methyl/N-ethyl adjacent to an activating group) is 1. The highest BCUT2D eigenvalue weighted by atomic mass is 32.2. The molecule has 1 amide bonds. The third-order valence-corrected chi connectivity index (χ3v) is 9.32. The molecule has 1 aliphatic carbocycles. The van der Waals surface area contributed by atoms with Gasteiger partial charge in [-0.3, -0.25) is 9.59 Å². The lowest BCUT2D eigenvalue weighted by atomic mass is 9.77. The lowest BCUT2D eigenvalue weighted by molar-refractivity contribution is -0.137. The number of hydrogen-bond acceptors (Lipinski definition) is 9. The molecule has 1 fully saturated rings. The highest BCUT2D eigenvalue weighted by molar-refractivity contribution is 7.92. The lowest BCUT2D eigenvalue weighted by Crippen LogP contribution is -2.56. The first kappa shape index (κ1) is 31.1. The van der Waals surface area contributed by atoms with Crippen LogP contribution in [-0.2, 0) is 30.6 Å². The van der Waals surface area contributed by atoms with Gasteiger partial charge in [-0.05, 0) is 50.9 Å². The number of aromatic nitrogens is 2. The van der Waals surface area contributed by atoms with E-state index in [1.807, 2.05) is 4.90 Å². The quantitative estimate of drug-likeness (QED) is 0.206. The number of carbonyl (C=O) groups excluding carboxylic acids is 2. The number of fused-ring (bicyclic) bond motifs is 1. The second-order valence-corrected chi connectivity index (χ2v) is 12.3. The van der Waals surface area contributed by atoms with Crippen LogP contribution in [0.5, 0.6) is 5.75 Å². The zero-order valence-electron chi connectivity index (χ0n) is 23.4. The van der Waals surface area contributed by atoms with Gasteiger partial charge in [0.15, 0.2) is 12.4 Å². The Morgan fingerprint density at radius 1 is 1.14 bits per heavy atom. The van der Waals surface area contributed by atoms with Crippen molar-refractivity contribution in [3.8, 4) is 5.75 Å². The highest BCUT2D eigenvalue weighted by Gasteiger charge is 2.43. The Morgan fingerprint density at radius 3 is 2.57 bits per heavy atom. The van der Waals surface area contributed by atoms with E-state index >= 15 is 4.39 Å². The molecule has 0 bridgehead atoms. The van der Waals surface area contributed by atoms with Gasteiger partial charge in [0.05, 0.1) is 17.3 Å². The highest BCUT2D eigenvalue weighted by Crippen LogP contribution is 2.44. The number of benzene rings is 2. The maximum absolute atomic E-state index is 15.7. The van der Waals surface area contributed by atoms with Gasteiger partial charge in [-0.25, -0.2) is 14.4 Å². The second-order valence-electron chi connectivity index (χ2n) is 10.5. The number of nitrogens with zero attached hydrogens (tertiary/aromatic N) is 5. The molecule has 2 aliphatic rings. The van der Waals surface area contributed by atoms with Gasteiger partial charge in [0, 0.05) is 30.4 Å². The van der Waals surface area contributed by atoms with Crippen LogP contribution in [0.1, 0.15) is 36.3 Å². The van der Waals surface area contributed by atoms with Crippen molar-refractivity contribution in [1.82, 2.24) is 14.9 Å². The van der Waals surface area contributed by atoms with Gasteiger partial charge < -0.3 is 19.4 Å². The van der Waals surface area contributed by atoms with Crippen LogP contribution < -0.4 is 14.1 Å². The van der Waals surface area contributed by atoms with Crippen molar-refractivity contribution in [2.45, 2.75) is 48.3 Å². The largest absolute Gasteiger partial charge is 0.482 e. The van der Waals surface area contributed by atoms with Crippen LogP contribution in [0.2, 0.25) is 0 Å². The Kier molecular flexibility index (Phi) is 8.49. The van der Waals surface area contributed by atoms with E-state index in [4.69, 9.17) is 4.74 Å². The van der Waals surface area contributed by atoms with Gasteiger partial charge >= 0.3 is 12.6 Å². The number of anilines is 2. The predicted octanol–water partition coefficient (Wildman–Crippen LogP) is 3.91. The Bertz CT molecular complexity index is 1660. The second kappa shape index (κ2) is 12.0. The van der Waals surface area contributed by atoms with Crippen LogP contribution in [0.25, 0.3) is 0 Å². The molecule has 0 saturated heterocycles. The number of amides is 1. The monoisotopic (exact) mass is 637 g/mol. The minimum atomic E-state index is -4.87. The number of sulfonamides is 1. The standard InChI is InChI=1S/C28H27F4N5O6S/c1-35(2)22-11-18(17-4-3-5-19(10-17)28(30,31)32)6-7-21(22)36-23-12-20(29)25(13-24(23)42-14-27(36)39)44(40,41)37(43-16-38)26-8-9-33-15-34-26/h3-5,8-10,12-13,15-16,18,21-22H,6-7,11,14H2,1-2H3/t18-,21-,22-/m0/s1. The molecule has 0 spiro atoms. The van der Waals surface area contributed by atoms with Crippen molar-refractivity contribution in [3.63, 3.8) is 0 Å². The summed E-state index contributed by atoms with van der Waals surface area (Å²) in [5.41, 5.74) is -0.212. The molecule has 234 valence electrons. The Labute approximate surface area is 250 Å². The zero-order chi connectivity index (χ0) is 31.8. The van der Waals surface area contributed by atoms with Crippen molar-refractivity contribution >= 4 is 33.9 Å². The lowest BCUT2D eigenvalue weighted by Gasteiger charge is -2.46. The van der Waals surface area contributed by atoms with Gasteiger partial charge in [0.1, 0.15) is 22.8 Å². The topological polar surface area (TPSA) is 122 Å². The molecule has 0 unspecified atom stereocenters. The normalized spacial score (nSPS) is 20.6. The molecule has 1 aliphatic heterocycles. The van der Waals surface area contributed by atoms with Gasteiger partial charge in [0.25, 0.3) is 15.9 Å². The maximum atomic E-state index is 15.7. The zero-order valence-corrected chi connectivity index (χ0v) is 24.3. The van der Waals surface area contributed by atoms with Crippen molar-refractivity contribution in [2.24, 2.45) is 0 Å². The Hall–Kier alpha value is -4.31. The molecule has 1 aromatic heterocycles. The van der Waals surface area contributed by atoms with Gasteiger partial charge in [0.2, 0.25) is 0 Å². The summed E-state index contributed by atoms with van der Waals surface area (Å²) in [7, 11) is -1.31. The van der Waals surface area contributed by atoms with Crippen molar-refractivity contribution < 1.29 is 45.1 Å². The summed E-state index contributed by atoms with van der Waals surface area (Å²) in [5, 5.41) is 0. The fraction of sp³-hybridized carbons (Fsp3) is 0.357. The van der Waals surface area contributed by atoms with E-state index in [9.17, 15) is 31.2 Å². The molecular formula is C28H27F4N5O6S. The number of halogens is 4. The van der Waals surface area contributed by atoms with Crippen LogP contribution in [0, 0.1) is 5.82 Å². The molecule has 0 radical (unpaired) electrons. The van der Waals surface area contributed by atoms with Crippen LogP contribution in [0.4, 0.5) is 29.1 Å². The van der Waals surface area contributed by atoms with Crippen molar-refractivity contribution in [1.29, 1.82) is 0 Å². The van der Waals surface area contributed by atoms with E-state index in [-0.39, 0.29) is 40.2 Å². The van der Waals surface area contributed by atoms with Crippen LogP contribution >= 0.6 is 0 Å². The fourth-order valence-electron chi connectivity index (χ4n) is 5.75. The van der Waals surface area contributed by atoms with E-state index in [0.717, 1.165) is 36.7 Å². The Balaban J connectivity index is 1.48. The number of hydrogen-bond donors (Lipinski definition) is 0. The van der Waals surface area contributed by atoms with E-state index in [1.165, 1.54) is 17.2 Å². The van der Waals surface area contributed by atoms with E-state index in [0.29, 0.717) is 24.8 Å². The first-order chi connectivity index (χ1) is 20.8.